The molecule has 1 aromatic heterocycles. The maximum absolute atomic E-state index is 12.6. The van der Waals surface area contributed by atoms with Gasteiger partial charge in [0.2, 0.25) is 5.95 Å². The van der Waals surface area contributed by atoms with Crippen LogP contribution in [-0.4, -0.2) is 48.0 Å². The SMILES string of the molecule is Cc1cc(C)c(NC(=O)c2cnc(N3CCC4(CC3)OCCO4)nc2)c(C)c1. The van der Waals surface area contributed by atoms with Gasteiger partial charge in [-0.1, -0.05) is 17.7 Å². The van der Waals surface area contributed by atoms with Gasteiger partial charge in [0.25, 0.3) is 5.91 Å². The summed E-state index contributed by atoms with van der Waals surface area (Å²) in [4.78, 5) is 23.5. The molecule has 0 aliphatic carbocycles. The lowest BCUT2D eigenvalue weighted by Crippen LogP contribution is -2.45. The van der Waals surface area contributed by atoms with Crippen LogP contribution in [0.15, 0.2) is 24.5 Å². The number of anilines is 2. The summed E-state index contributed by atoms with van der Waals surface area (Å²) >= 11 is 0. The van der Waals surface area contributed by atoms with Crippen LogP contribution in [-0.2, 0) is 9.47 Å². The number of piperidine rings is 1. The van der Waals surface area contributed by atoms with E-state index in [-0.39, 0.29) is 5.91 Å². The maximum Gasteiger partial charge on any atom is 0.258 e. The minimum absolute atomic E-state index is 0.202. The van der Waals surface area contributed by atoms with Gasteiger partial charge in [0.05, 0.1) is 18.8 Å². The Balaban J connectivity index is 1.41. The number of ether oxygens (including phenoxy) is 2. The number of nitrogens with zero attached hydrogens (tertiary/aromatic N) is 3. The van der Waals surface area contributed by atoms with E-state index in [4.69, 9.17) is 9.47 Å². The van der Waals surface area contributed by atoms with E-state index in [9.17, 15) is 4.79 Å². The van der Waals surface area contributed by atoms with Gasteiger partial charge in [-0.2, -0.15) is 0 Å². The Hall–Kier alpha value is -2.51. The van der Waals surface area contributed by atoms with Gasteiger partial charge in [-0.05, 0) is 31.9 Å². The van der Waals surface area contributed by atoms with Crippen molar-refractivity contribution in [1.29, 1.82) is 0 Å². The van der Waals surface area contributed by atoms with Crippen LogP contribution in [0.5, 0.6) is 0 Å². The number of hydrogen-bond acceptors (Lipinski definition) is 6. The predicted molar refractivity (Wildman–Crippen MR) is 107 cm³/mol. The van der Waals surface area contributed by atoms with Crippen molar-refractivity contribution in [2.24, 2.45) is 0 Å². The average molecular weight is 382 g/mol. The number of benzene rings is 1. The van der Waals surface area contributed by atoms with Crippen LogP contribution in [0.25, 0.3) is 0 Å². The van der Waals surface area contributed by atoms with Crippen molar-refractivity contribution < 1.29 is 14.3 Å². The Bertz CT molecular complexity index is 843. The zero-order valence-corrected chi connectivity index (χ0v) is 16.6. The highest BCUT2D eigenvalue weighted by molar-refractivity contribution is 6.04. The molecule has 2 aliphatic heterocycles. The molecule has 4 rings (SSSR count). The summed E-state index contributed by atoms with van der Waals surface area (Å²) in [7, 11) is 0. The standard InChI is InChI=1S/C21H26N4O3/c1-14-10-15(2)18(16(3)11-14)24-19(26)17-12-22-20(23-13-17)25-6-4-21(5-7-25)27-8-9-28-21/h10-13H,4-9H2,1-3H3,(H,24,26). The number of aromatic nitrogens is 2. The molecule has 1 amide bonds. The Morgan fingerprint density at radius 2 is 1.61 bits per heavy atom. The van der Waals surface area contributed by atoms with E-state index >= 15 is 0 Å². The molecule has 148 valence electrons. The monoisotopic (exact) mass is 382 g/mol. The van der Waals surface area contributed by atoms with Crippen LogP contribution in [0.3, 0.4) is 0 Å². The fourth-order valence-electron chi connectivity index (χ4n) is 4.00. The topological polar surface area (TPSA) is 76.6 Å². The van der Waals surface area contributed by atoms with E-state index in [2.05, 4.69) is 32.3 Å². The summed E-state index contributed by atoms with van der Waals surface area (Å²) in [5.74, 6) is 0.0131. The molecule has 0 radical (unpaired) electrons. The van der Waals surface area contributed by atoms with Gasteiger partial charge in [-0.25, -0.2) is 9.97 Å². The smallest absolute Gasteiger partial charge is 0.258 e. The van der Waals surface area contributed by atoms with E-state index in [1.54, 1.807) is 12.4 Å². The third-order valence-electron chi connectivity index (χ3n) is 5.44. The molecule has 2 aromatic rings. The number of rotatable bonds is 3. The molecule has 2 aliphatic rings. The van der Waals surface area contributed by atoms with Crippen molar-refractivity contribution >= 4 is 17.5 Å². The second-order valence-corrected chi connectivity index (χ2v) is 7.59. The number of hydrogen-bond donors (Lipinski definition) is 1. The fraction of sp³-hybridized carbons (Fsp3) is 0.476. The van der Waals surface area contributed by atoms with E-state index in [0.29, 0.717) is 24.7 Å². The quantitative estimate of drug-likeness (QED) is 0.879. The Morgan fingerprint density at radius 1 is 1.04 bits per heavy atom. The average Bonchev–Trinajstić information content (AvgIpc) is 3.13. The normalized spacial score (nSPS) is 18.5. The second-order valence-electron chi connectivity index (χ2n) is 7.59. The van der Waals surface area contributed by atoms with Crippen molar-refractivity contribution in [2.45, 2.75) is 39.4 Å². The number of amides is 1. The minimum Gasteiger partial charge on any atom is -0.347 e. The van der Waals surface area contributed by atoms with Gasteiger partial charge < -0.3 is 19.7 Å². The summed E-state index contributed by atoms with van der Waals surface area (Å²) in [6.45, 7) is 8.92. The van der Waals surface area contributed by atoms with E-state index < -0.39 is 5.79 Å². The zero-order chi connectivity index (χ0) is 19.7. The van der Waals surface area contributed by atoms with Crippen molar-refractivity contribution in [1.82, 2.24) is 9.97 Å². The molecule has 1 N–H and O–H groups in total. The molecule has 28 heavy (non-hydrogen) atoms. The van der Waals surface area contributed by atoms with Gasteiger partial charge in [0.15, 0.2) is 5.79 Å². The summed E-state index contributed by atoms with van der Waals surface area (Å²) < 4.78 is 11.5. The molecule has 0 atom stereocenters. The molecule has 0 bridgehead atoms. The van der Waals surface area contributed by atoms with Crippen molar-refractivity contribution in [3.05, 3.63) is 46.8 Å². The number of nitrogens with one attached hydrogen (secondary N) is 1. The van der Waals surface area contributed by atoms with Crippen LogP contribution in [0.2, 0.25) is 0 Å². The number of aryl methyl sites for hydroxylation is 3. The first-order valence-corrected chi connectivity index (χ1v) is 9.70. The molecule has 2 fully saturated rings. The Labute approximate surface area is 165 Å². The van der Waals surface area contributed by atoms with Crippen LogP contribution >= 0.6 is 0 Å². The number of carbonyl (C=O) groups excluding carboxylic acids is 1. The van der Waals surface area contributed by atoms with Crippen LogP contribution in [0.4, 0.5) is 11.6 Å². The van der Waals surface area contributed by atoms with E-state index in [0.717, 1.165) is 42.7 Å². The molecule has 0 unspecified atom stereocenters. The van der Waals surface area contributed by atoms with Gasteiger partial charge in [-0.15, -0.1) is 0 Å². The van der Waals surface area contributed by atoms with Gasteiger partial charge in [0.1, 0.15) is 0 Å². The third kappa shape index (κ3) is 3.72. The molecule has 1 spiro atoms. The lowest BCUT2D eigenvalue weighted by atomic mass is 10.0. The predicted octanol–water partition coefficient (Wildman–Crippen LogP) is 3.00. The van der Waals surface area contributed by atoms with Gasteiger partial charge in [0, 0.05) is 44.0 Å². The Morgan fingerprint density at radius 3 is 2.18 bits per heavy atom. The molecule has 0 saturated carbocycles. The molecule has 2 saturated heterocycles. The molecule has 3 heterocycles. The molecular formula is C21H26N4O3. The summed E-state index contributed by atoms with van der Waals surface area (Å²) in [6, 6.07) is 4.12. The van der Waals surface area contributed by atoms with Crippen LogP contribution < -0.4 is 10.2 Å². The fourth-order valence-corrected chi connectivity index (χ4v) is 4.00. The molecule has 7 nitrogen and oxygen atoms in total. The molecular weight excluding hydrogens is 356 g/mol. The Kier molecular flexibility index (Phi) is 5.03. The first-order valence-electron chi connectivity index (χ1n) is 9.70. The molecule has 1 aromatic carbocycles. The van der Waals surface area contributed by atoms with Crippen LogP contribution in [0.1, 0.15) is 39.9 Å². The van der Waals surface area contributed by atoms with Crippen LogP contribution in [0, 0.1) is 20.8 Å². The van der Waals surface area contributed by atoms with Crippen molar-refractivity contribution in [2.75, 3.05) is 36.5 Å². The zero-order valence-electron chi connectivity index (χ0n) is 16.6. The van der Waals surface area contributed by atoms with Crippen molar-refractivity contribution in [3.63, 3.8) is 0 Å². The van der Waals surface area contributed by atoms with Gasteiger partial charge >= 0.3 is 0 Å². The van der Waals surface area contributed by atoms with Crippen molar-refractivity contribution in [3.8, 4) is 0 Å². The second kappa shape index (κ2) is 7.48. The summed E-state index contributed by atoms with van der Waals surface area (Å²) in [5, 5.41) is 2.99. The van der Waals surface area contributed by atoms with E-state index in [1.807, 2.05) is 20.8 Å². The summed E-state index contributed by atoms with van der Waals surface area (Å²) in [6.07, 6.45) is 4.77. The third-order valence-corrected chi connectivity index (χ3v) is 5.44. The van der Waals surface area contributed by atoms with Gasteiger partial charge in [-0.3, -0.25) is 4.79 Å². The molecule has 7 heteroatoms. The lowest BCUT2D eigenvalue weighted by Gasteiger charge is -2.37. The minimum atomic E-state index is -0.417. The summed E-state index contributed by atoms with van der Waals surface area (Å²) in [5.41, 5.74) is 4.55. The largest absolute Gasteiger partial charge is 0.347 e. The lowest BCUT2D eigenvalue weighted by molar-refractivity contribution is -0.169. The first-order chi connectivity index (χ1) is 13.5. The first kappa shape index (κ1) is 18.8. The highest BCUT2D eigenvalue weighted by atomic mass is 16.7. The highest BCUT2D eigenvalue weighted by Gasteiger charge is 2.40. The number of carbonyl (C=O) groups is 1. The highest BCUT2D eigenvalue weighted by Crippen LogP contribution is 2.32. The maximum atomic E-state index is 12.6. The van der Waals surface area contributed by atoms with E-state index in [1.165, 1.54) is 5.56 Å².